The SMILES string of the molecule is CC1(C)CCC(C)(C)c2cc(-c3cccc(-c4ccc(CN)cc4)n3)ccc21. The topological polar surface area (TPSA) is 38.9 Å². The molecule has 1 aromatic heterocycles. The van der Waals surface area contributed by atoms with Crippen LogP contribution in [0.5, 0.6) is 0 Å². The summed E-state index contributed by atoms with van der Waals surface area (Å²) in [7, 11) is 0. The molecule has 1 aliphatic carbocycles. The van der Waals surface area contributed by atoms with Crippen LogP contribution in [-0.4, -0.2) is 4.98 Å². The first kappa shape index (κ1) is 18.9. The fraction of sp³-hybridized carbons (Fsp3) is 0.346. The zero-order valence-corrected chi connectivity index (χ0v) is 17.4. The standard InChI is InChI=1S/C26H30N2/c1-25(2)14-15-26(3,4)22-16-20(12-13-21(22)25)24-7-5-6-23(28-24)19-10-8-18(17-27)9-11-19/h5-13,16H,14-15,17,27H2,1-4H3. The first-order valence-corrected chi connectivity index (χ1v) is 10.2. The third-order valence-electron chi connectivity index (χ3n) is 6.38. The molecule has 28 heavy (non-hydrogen) atoms. The minimum absolute atomic E-state index is 0.205. The summed E-state index contributed by atoms with van der Waals surface area (Å²) in [5, 5.41) is 0. The molecule has 0 amide bonds. The van der Waals surface area contributed by atoms with Crippen molar-refractivity contribution in [1.29, 1.82) is 0 Å². The Bertz CT molecular complexity index is 997. The molecule has 0 atom stereocenters. The number of aromatic nitrogens is 1. The maximum atomic E-state index is 5.72. The minimum Gasteiger partial charge on any atom is -0.326 e. The molecule has 0 unspecified atom stereocenters. The highest BCUT2D eigenvalue weighted by atomic mass is 14.7. The van der Waals surface area contributed by atoms with E-state index in [1.807, 2.05) is 0 Å². The van der Waals surface area contributed by atoms with Gasteiger partial charge in [0.05, 0.1) is 11.4 Å². The second kappa shape index (κ2) is 6.86. The molecule has 144 valence electrons. The monoisotopic (exact) mass is 370 g/mol. The lowest BCUT2D eigenvalue weighted by atomic mass is 9.63. The Balaban J connectivity index is 1.76. The summed E-state index contributed by atoms with van der Waals surface area (Å²) in [5.74, 6) is 0. The second-order valence-corrected chi connectivity index (χ2v) is 9.34. The molecule has 0 bridgehead atoms. The van der Waals surface area contributed by atoms with Crippen molar-refractivity contribution in [3.05, 3.63) is 77.4 Å². The second-order valence-electron chi connectivity index (χ2n) is 9.34. The summed E-state index contributed by atoms with van der Waals surface area (Å²) in [6.45, 7) is 10.0. The number of hydrogen-bond donors (Lipinski definition) is 1. The molecule has 0 fully saturated rings. The molecular weight excluding hydrogens is 340 g/mol. The van der Waals surface area contributed by atoms with Gasteiger partial charge in [0.15, 0.2) is 0 Å². The van der Waals surface area contributed by atoms with Crippen molar-refractivity contribution in [3.8, 4) is 22.5 Å². The third kappa shape index (κ3) is 3.38. The summed E-state index contributed by atoms with van der Waals surface area (Å²) in [6, 6.07) is 21.6. The molecule has 3 aromatic rings. The van der Waals surface area contributed by atoms with Crippen molar-refractivity contribution in [3.63, 3.8) is 0 Å². The Labute approximate surface area is 168 Å². The summed E-state index contributed by atoms with van der Waals surface area (Å²) >= 11 is 0. The van der Waals surface area contributed by atoms with Gasteiger partial charge in [0, 0.05) is 17.7 Å². The van der Waals surface area contributed by atoms with E-state index in [2.05, 4.69) is 88.4 Å². The molecule has 2 nitrogen and oxygen atoms in total. The van der Waals surface area contributed by atoms with E-state index >= 15 is 0 Å². The fourth-order valence-corrected chi connectivity index (χ4v) is 4.32. The number of rotatable bonds is 3. The third-order valence-corrected chi connectivity index (χ3v) is 6.38. The van der Waals surface area contributed by atoms with Crippen molar-refractivity contribution in [2.45, 2.75) is 57.9 Å². The van der Waals surface area contributed by atoms with Gasteiger partial charge in [0.1, 0.15) is 0 Å². The van der Waals surface area contributed by atoms with Gasteiger partial charge in [-0.2, -0.15) is 0 Å². The Morgan fingerprint density at radius 1 is 0.750 bits per heavy atom. The van der Waals surface area contributed by atoms with E-state index in [1.165, 1.54) is 29.5 Å². The van der Waals surface area contributed by atoms with Gasteiger partial charge in [-0.1, -0.05) is 70.2 Å². The molecular formula is C26H30N2. The zero-order valence-electron chi connectivity index (χ0n) is 17.4. The first-order chi connectivity index (χ1) is 13.3. The summed E-state index contributed by atoms with van der Waals surface area (Å²) in [6.07, 6.45) is 2.45. The average Bonchev–Trinajstić information content (AvgIpc) is 2.71. The van der Waals surface area contributed by atoms with Gasteiger partial charge >= 0.3 is 0 Å². The summed E-state index contributed by atoms with van der Waals surface area (Å²) in [5.41, 5.74) is 14.6. The van der Waals surface area contributed by atoms with Gasteiger partial charge in [0.2, 0.25) is 0 Å². The van der Waals surface area contributed by atoms with Crippen LogP contribution in [0, 0.1) is 0 Å². The zero-order chi connectivity index (χ0) is 19.9. The van der Waals surface area contributed by atoms with Gasteiger partial charge in [0.25, 0.3) is 0 Å². The van der Waals surface area contributed by atoms with Gasteiger partial charge in [-0.3, -0.25) is 0 Å². The molecule has 2 N–H and O–H groups in total. The molecule has 1 aliphatic rings. The van der Waals surface area contributed by atoms with Crippen LogP contribution in [0.25, 0.3) is 22.5 Å². The van der Waals surface area contributed by atoms with Crippen LogP contribution in [0.4, 0.5) is 0 Å². The first-order valence-electron chi connectivity index (χ1n) is 10.2. The highest BCUT2D eigenvalue weighted by Gasteiger charge is 2.37. The largest absolute Gasteiger partial charge is 0.326 e. The van der Waals surface area contributed by atoms with Gasteiger partial charge in [-0.05, 0) is 58.6 Å². The van der Waals surface area contributed by atoms with E-state index < -0.39 is 0 Å². The molecule has 0 saturated heterocycles. The van der Waals surface area contributed by atoms with E-state index in [4.69, 9.17) is 10.7 Å². The highest BCUT2D eigenvalue weighted by molar-refractivity contribution is 5.68. The smallest absolute Gasteiger partial charge is 0.0709 e. The molecule has 2 heteroatoms. The molecule has 0 saturated carbocycles. The Kier molecular flexibility index (Phi) is 4.63. The van der Waals surface area contributed by atoms with E-state index in [9.17, 15) is 0 Å². The van der Waals surface area contributed by atoms with Crippen molar-refractivity contribution >= 4 is 0 Å². The van der Waals surface area contributed by atoms with Crippen LogP contribution in [0.1, 0.15) is 57.2 Å². The summed E-state index contributed by atoms with van der Waals surface area (Å²) in [4.78, 5) is 4.97. The van der Waals surface area contributed by atoms with E-state index in [-0.39, 0.29) is 10.8 Å². The maximum absolute atomic E-state index is 5.72. The number of fused-ring (bicyclic) bond motifs is 1. The van der Waals surface area contributed by atoms with E-state index in [1.54, 1.807) is 0 Å². The normalized spacial score (nSPS) is 17.2. The van der Waals surface area contributed by atoms with Crippen molar-refractivity contribution < 1.29 is 0 Å². The average molecular weight is 371 g/mol. The molecule has 4 rings (SSSR count). The Morgan fingerprint density at radius 2 is 1.32 bits per heavy atom. The van der Waals surface area contributed by atoms with Crippen molar-refractivity contribution in [2.75, 3.05) is 0 Å². The lowest BCUT2D eigenvalue weighted by Gasteiger charge is -2.42. The van der Waals surface area contributed by atoms with Crippen molar-refractivity contribution in [2.24, 2.45) is 5.73 Å². The number of pyridine rings is 1. The number of hydrogen-bond acceptors (Lipinski definition) is 2. The highest BCUT2D eigenvalue weighted by Crippen LogP contribution is 2.46. The van der Waals surface area contributed by atoms with Crippen LogP contribution < -0.4 is 5.73 Å². The van der Waals surface area contributed by atoms with Gasteiger partial charge < -0.3 is 5.73 Å². The fourth-order valence-electron chi connectivity index (χ4n) is 4.32. The molecule has 2 aromatic carbocycles. The van der Waals surface area contributed by atoms with Crippen LogP contribution in [0.2, 0.25) is 0 Å². The minimum atomic E-state index is 0.205. The van der Waals surface area contributed by atoms with Gasteiger partial charge in [-0.15, -0.1) is 0 Å². The lowest BCUT2D eigenvalue weighted by Crippen LogP contribution is -2.33. The van der Waals surface area contributed by atoms with Crippen LogP contribution in [0.15, 0.2) is 60.7 Å². The predicted octanol–water partition coefficient (Wildman–Crippen LogP) is 6.22. The maximum Gasteiger partial charge on any atom is 0.0709 e. The van der Waals surface area contributed by atoms with E-state index in [0.717, 1.165) is 22.5 Å². The number of benzene rings is 2. The van der Waals surface area contributed by atoms with Gasteiger partial charge in [-0.25, -0.2) is 4.98 Å². The van der Waals surface area contributed by atoms with Crippen LogP contribution >= 0.6 is 0 Å². The van der Waals surface area contributed by atoms with Crippen molar-refractivity contribution in [1.82, 2.24) is 4.98 Å². The van der Waals surface area contributed by atoms with E-state index in [0.29, 0.717) is 6.54 Å². The summed E-state index contributed by atoms with van der Waals surface area (Å²) < 4.78 is 0. The lowest BCUT2D eigenvalue weighted by molar-refractivity contribution is 0.332. The Hall–Kier alpha value is -2.45. The Morgan fingerprint density at radius 3 is 1.96 bits per heavy atom. The van der Waals surface area contributed by atoms with Crippen LogP contribution in [-0.2, 0) is 17.4 Å². The number of nitrogens with two attached hydrogens (primary N) is 1. The van der Waals surface area contributed by atoms with Crippen LogP contribution in [0.3, 0.4) is 0 Å². The molecule has 0 aliphatic heterocycles. The number of nitrogens with zero attached hydrogens (tertiary/aromatic N) is 1. The molecule has 0 radical (unpaired) electrons. The molecule has 1 heterocycles. The molecule has 0 spiro atoms. The quantitative estimate of drug-likeness (QED) is 0.594. The predicted molar refractivity (Wildman–Crippen MR) is 118 cm³/mol.